The molecule has 20 heavy (non-hydrogen) atoms. The summed E-state index contributed by atoms with van der Waals surface area (Å²) in [5.74, 6) is 1.19. The topological polar surface area (TPSA) is 41.5 Å². The van der Waals surface area contributed by atoms with E-state index in [4.69, 9.17) is 16.3 Å². The van der Waals surface area contributed by atoms with Crippen molar-refractivity contribution in [2.24, 2.45) is 5.92 Å². The van der Waals surface area contributed by atoms with Crippen LogP contribution in [0.2, 0.25) is 5.02 Å². The van der Waals surface area contributed by atoms with Crippen molar-refractivity contribution in [3.05, 3.63) is 34.4 Å². The van der Waals surface area contributed by atoms with Gasteiger partial charge in [0.2, 0.25) is 0 Å². The molecule has 0 aromatic heterocycles. The first-order valence-electron chi connectivity index (χ1n) is 7.10. The second kappa shape index (κ2) is 7.11. The van der Waals surface area contributed by atoms with Crippen molar-refractivity contribution in [2.45, 2.75) is 26.4 Å². The van der Waals surface area contributed by atoms with Crippen LogP contribution in [0.25, 0.3) is 6.08 Å². The maximum Gasteiger partial charge on any atom is 0.127 e. The molecule has 1 aromatic carbocycles. The number of nitrogens with one attached hydrogen (secondary N) is 1. The fourth-order valence-corrected chi connectivity index (χ4v) is 2.33. The summed E-state index contributed by atoms with van der Waals surface area (Å²) in [7, 11) is 0. The number of ether oxygens (including phenoxy) is 1. The Morgan fingerprint density at radius 3 is 3.00 bits per heavy atom. The summed E-state index contributed by atoms with van der Waals surface area (Å²) in [5, 5.41) is 13.9. The third-order valence-electron chi connectivity index (χ3n) is 3.75. The lowest BCUT2D eigenvalue weighted by atomic mass is 10.0. The zero-order valence-corrected chi connectivity index (χ0v) is 12.8. The fourth-order valence-electron chi connectivity index (χ4n) is 2.15. The van der Waals surface area contributed by atoms with Gasteiger partial charge in [-0.15, -0.1) is 0 Å². The minimum atomic E-state index is -0.299. The van der Waals surface area contributed by atoms with Crippen molar-refractivity contribution in [3.63, 3.8) is 0 Å². The highest BCUT2D eigenvalue weighted by Gasteiger charge is 2.14. The lowest BCUT2D eigenvalue weighted by molar-refractivity contribution is 0.114. The molecule has 0 aliphatic carbocycles. The first-order chi connectivity index (χ1) is 9.60. The molecule has 3 nitrogen and oxygen atoms in total. The van der Waals surface area contributed by atoms with E-state index >= 15 is 0 Å². The number of aliphatic hydroxyl groups is 1. The lowest BCUT2D eigenvalue weighted by Crippen LogP contribution is -2.33. The van der Waals surface area contributed by atoms with E-state index in [1.807, 2.05) is 18.2 Å². The van der Waals surface area contributed by atoms with Gasteiger partial charge in [0.05, 0.1) is 6.10 Å². The van der Waals surface area contributed by atoms with Crippen LogP contribution in [-0.4, -0.2) is 30.9 Å². The molecule has 0 radical (unpaired) electrons. The molecule has 2 unspecified atom stereocenters. The van der Waals surface area contributed by atoms with Gasteiger partial charge in [0.25, 0.3) is 0 Å². The normalized spacial score (nSPS) is 16.9. The molecule has 0 bridgehead atoms. The SMILES string of the molecule is CCC(C)C(O)CNCC1=Cc2cc(Cl)ccc2OC1. The van der Waals surface area contributed by atoms with Gasteiger partial charge in [-0.1, -0.05) is 31.9 Å². The molecular weight excluding hydrogens is 274 g/mol. The quantitative estimate of drug-likeness (QED) is 0.847. The van der Waals surface area contributed by atoms with Crippen LogP contribution in [0, 0.1) is 5.92 Å². The van der Waals surface area contributed by atoms with Crippen molar-refractivity contribution in [1.29, 1.82) is 0 Å². The third kappa shape index (κ3) is 3.98. The molecular formula is C16H22ClNO2. The zero-order valence-electron chi connectivity index (χ0n) is 12.0. The summed E-state index contributed by atoms with van der Waals surface area (Å²) in [6, 6.07) is 5.63. The summed E-state index contributed by atoms with van der Waals surface area (Å²) >= 11 is 5.99. The first-order valence-corrected chi connectivity index (χ1v) is 7.48. The van der Waals surface area contributed by atoms with E-state index in [2.05, 4.69) is 25.2 Å². The molecule has 0 amide bonds. The van der Waals surface area contributed by atoms with Crippen LogP contribution in [-0.2, 0) is 0 Å². The van der Waals surface area contributed by atoms with Crippen LogP contribution < -0.4 is 10.1 Å². The van der Waals surface area contributed by atoms with Gasteiger partial charge in [-0.25, -0.2) is 0 Å². The summed E-state index contributed by atoms with van der Waals surface area (Å²) in [4.78, 5) is 0. The Morgan fingerprint density at radius 2 is 2.25 bits per heavy atom. The van der Waals surface area contributed by atoms with Gasteiger partial charge >= 0.3 is 0 Å². The van der Waals surface area contributed by atoms with Gasteiger partial charge in [-0.2, -0.15) is 0 Å². The number of halogens is 1. The summed E-state index contributed by atoms with van der Waals surface area (Å²) in [6.45, 7) is 6.06. The average molecular weight is 296 g/mol. The number of rotatable bonds is 6. The zero-order chi connectivity index (χ0) is 14.5. The molecule has 0 saturated carbocycles. The highest BCUT2D eigenvalue weighted by atomic mass is 35.5. The van der Waals surface area contributed by atoms with Crippen molar-refractivity contribution >= 4 is 17.7 Å². The maximum absolute atomic E-state index is 9.91. The van der Waals surface area contributed by atoms with Gasteiger partial charge in [-0.3, -0.25) is 0 Å². The van der Waals surface area contributed by atoms with E-state index in [0.29, 0.717) is 24.1 Å². The van der Waals surface area contributed by atoms with E-state index in [1.165, 1.54) is 0 Å². The molecule has 1 aliphatic heterocycles. The smallest absolute Gasteiger partial charge is 0.127 e. The van der Waals surface area contributed by atoms with E-state index in [9.17, 15) is 5.11 Å². The Balaban J connectivity index is 1.88. The second-order valence-electron chi connectivity index (χ2n) is 5.36. The monoisotopic (exact) mass is 295 g/mol. The number of fused-ring (bicyclic) bond motifs is 1. The van der Waals surface area contributed by atoms with Gasteiger partial charge < -0.3 is 15.2 Å². The molecule has 0 spiro atoms. The van der Waals surface area contributed by atoms with Crippen molar-refractivity contribution in [2.75, 3.05) is 19.7 Å². The largest absolute Gasteiger partial charge is 0.489 e. The molecule has 1 aromatic rings. The Kier molecular flexibility index (Phi) is 5.46. The molecule has 2 rings (SSSR count). The van der Waals surface area contributed by atoms with E-state index in [0.717, 1.165) is 29.9 Å². The Bertz CT molecular complexity index is 487. The minimum Gasteiger partial charge on any atom is -0.489 e. The van der Waals surface area contributed by atoms with Crippen molar-refractivity contribution in [3.8, 4) is 5.75 Å². The Morgan fingerprint density at radius 1 is 1.45 bits per heavy atom. The highest BCUT2D eigenvalue weighted by molar-refractivity contribution is 6.30. The third-order valence-corrected chi connectivity index (χ3v) is 3.99. The molecule has 0 fully saturated rings. The van der Waals surface area contributed by atoms with Crippen LogP contribution in [0.3, 0.4) is 0 Å². The van der Waals surface area contributed by atoms with Gasteiger partial charge in [-0.05, 0) is 35.8 Å². The number of aliphatic hydroxyl groups excluding tert-OH is 1. The number of hydrogen-bond acceptors (Lipinski definition) is 3. The molecule has 4 heteroatoms. The maximum atomic E-state index is 9.91. The number of hydrogen-bond donors (Lipinski definition) is 2. The second-order valence-corrected chi connectivity index (χ2v) is 5.79. The summed E-state index contributed by atoms with van der Waals surface area (Å²) in [6.07, 6.45) is 2.79. The molecule has 1 aliphatic rings. The Labute approximate surface area is 125 Å². The van der Waals surface area contributed by atoms with Crippen molar-refractivity contribution < 1.29 is 9.84 Å². The van der Waals surface area contributed by atoms with E-state index in [1.54, 1.807) is 0 Å². The standard InChI is InChI=1S/C16H22ClNO2/c1-3-11(2)15(19)9-18-8-12-6-13-7-14(17)4-5-16(13)20-10-12/h4-7,11,15,18-19H,3,8-10H2,1-2H3. The van der Waals surface area contributed by atoms with Gasteiger partial charge in [0.15, 0.2) is 0 Å². The van der Waals surface area contributed by atoms with Crippen LogP contribution in [0.4, 0.5) is 0 Å². The average Bonchev–Trinajstić information content (AvgIpc) is 2.45. The molecule has 2 N–H and O–H groups in total. The predicted molar refractivity (Wildman–Crippen MR) is 83.3 cm³/mol. The van der Waals surface area contributed by atoms with Gasteiger partial charge in [0.1, 0.15) is 12.4 Å². The van der Waals surface area contributed by atoms with Crippen molar-refractivity contribution in [1.82, 2.24) is 5.32 Å². The fraction of sp³-hybridized carbons (Fsp3) is 0.500. The van der Waals surface area contributed by atoms with Crippen LogP contribution >= 0.6 is 11.6 Å². The molecule has 1 heterocycles. The summed E-state index contributed by atoms with van der Waals surface area (Å²) < 4.78 is 5.69. The molecule has 2 atom stereocenters. The van der Waals surface area contributed by atoms with Crippen LogP contribution in [0.5, 0.6) is 5.75 Å². The van der Waals surface area contributed by atoms with Crippen LogP contribution in [0.1, 0.15) is 25.8 Å². The van der Waals surface area contributed by atoms with E-state index < -0.39 is 0 Å². The lowest BCUT2D eigenvalue weighted by Gasteiger charge is -2.21. The minimum absolute atomic E-state index is 0.299. The Hall–Kier alpha value is -1.03. The molecule has 110 valence electrons. The number of benzene rings is 1. The van der Waals surface area contributed by atoms with E-state index in [-0.39, 0.29) is 6.10 Å². The van der Waals surface area contributed by atoms with Gasteiger partial charge in [0, 0.05) is 23.7 Å². The first kappa shape index (κ1) is 15.4. The molecule has 0 saturated heterocycles. The predicted octanol–water partition coefficient (Wildman–Crippen LogP) is 3.11. The van der Waals surface area contributed by atoms with Crippen LogP contribution in [0.15, 0.2) is 23.8 Å². The summed E-state index contributed by atoms with van der Waals surface area (Å²) in [5.41, 5.74) is 2.18. The highest BCUT2D eigenvalue weighted by Crippen LogP contribution is 2.28.